The van der Waals surface area contributed by atoms with Crippen molar-refractivity contribution in [2.75, 3.05) is 11.8 Å². The third-order valence-electron chi connectivity index (χ3n) is 3.65. The first kappa shape index (κ1) is 21.8. The third kappa shape index (κ3) is 5.77. The molecule has 0 unspecified atom stereocenters. The van der Waals surface area contributed by atoms with Crippen molar-refractivity contribution in [2.24, 2.45) is 0 Å². The highest BCUT2D eigenvalue weighted by Crippen LogP contribution is 2.28. The van der Waals surface area contributed by atoms with Crippen LogP contribution in [0.2, 0.25) is 5.02 Å². The van der Waals surface area contributed by atoms with Crippen LogP contribution >= 0.6 is 11.6 Å². The number of carbonyl (C=O) groups is 1. The molecule has 0 saturated heterocycles. The van der Waals surface area contributed by atoms with E-state index in [0.717, 1.165) is 0 Å². The average Bonchev–Trinajstić information content (AvgIpc) is 2.61. The number of ether oxygens (including phenoxy) is 2. The molecule has 0 aliphatic heterocycles. The van der Waals surface area contributed by atoms with E-state index in [1.807, 2.05) is 13.8 Å². The number of benzene rings is 2. The molecule has 152 valence electrons. The zero-order valence-corrected chi connectivity index (χ0v) is 17.6. The van der Waals surface area contributed by atoms with Crippen LogP contribution in [-0.2, 0) is 14.8 Å². The first-order chi connectivity index (χ1) is 13.1. The molecule has 2 aromatic rings. The van der Waals surface area contributed by atoms with Crippen LogP contribution in [0.25, 0.3) is 0 Å². The zero-order chi connectivity index (χ0) is 20.9. The van der Waals surface area contributed by atoms with Crippen molar-refractivity contribution in [3.05, 3.63) is 47.5 Å². The molecule has 0 bridgehead atoms. The Labute approximate surface area is 170 Å². The Morgan fingerprint density at radius 2 is 1.71 bits per heavy atom. The maximum Gasteiger partial charge on any atom is 0.261 e. The van der Waals surface area contributed by atoms with E-state index in [1.54, 1.807) is 19.1 Å². The smallest absolute Gasteiger partial charge is 0.261 e. The van der Waals surface area contributed by atoms with Crippen LogP contribution in [0.5, 0.6) is 11.5 Å². The molecule has 2 aromatic carbocycles. The van der Waals surface area contributed by atoms with Crippen molar-refractivity contribution in [3.8, 4) is 11.5 Å². The van der Waals surface area contributed by atoms with E-state index in [1.165, 1.54) is 37.4 Å². The Kier molecular flexibility index (Phi) is 7.15. The van der Waals surface area contributed by atoms with E-state index in [0.29, 0.717) is 22.2 Å². The minimum atomic E-state index is -3.81. The lowest BCUT2D eigenvalue weighted by Gasteiger charge is -2.16. The van der Waals surface area contributed by atoms with Gasteiger partial charge in [-0.2, -0.15) is 0 Å². The molecule has 0 aliphatic rings. The van der Waals surface area contributed by atoms with Crippen LogP contribution in [0.1, 0.15) is 20.8 Å². The first-order valence-corrected chi connectivity index (χ1v) is 10.4. The summed E-state index contributed by atoms with van der Waals surface area (Å²) in [5, 5.41) is 3.04. The highest BCUT2D eigenvalue weighted by atomic mass is 35.5. The maximum absolute atomic E-state index is 12.5. The summed E-state index contributed by atoms with van der Waals surface area (Å²) in [6.45, 7) is 5.33. The predicted octanol–water partition coefficient (Wildman–Crippen LogP) is 3.44. The first-order valence-electron chi connectivity index (χ1n) is 8.56. The Morgan fingerprint density at radius 3 is 2.25 bits per heavy atom. The van der Waals surface area contributed by atoms with Crippen LogP contribution in [-0.4, -0.2) is 33.6 Å². The van der Waals surface area contributed by atoms with E-state index < -0.39 is 16.1 Å². The summed E-state index contributed by atoms with van der Waals surface area (Å²) in [5.74, 6) is 0.587. The summed E-state index contributed by atoms with van der Waals surface area (Å²) in [6, 6.07) is 10.4. The number of sulfonamides is 1. The van der Waals surface area contributed by atoms with Crippen LogP contribution in [0.15, 0.2) is 47.4 Å². The summed E-state index contributed by atoms with van der Waals surface area (Å²) >= 11 is 6.02. The van der Waals surface area contributed by atoms with Gasteiger partial charge < -0.3 is 14.8 Å². The van der Waals surface area contributed by atoms with Gasteiger partial charge in [-0.05, 0) is 63.2 Å². The second kappa shape index (κ2) is 9.16. The third-order valence-corrected chi connectivity index (χ3v) is 5.34. The van der Waals surface area contributed by atoms with Gasteiger partial charge >= 0.3 is 0 Å². The summed E-state index contributed by atoms with van der Waals surface area (Å²) in [4.78, 5) is 11.9. The van der Waals surface area contributed by atoms with E-state index in [-0.39, 0.29) is 16.8 Å². The van der Waals surface area contributed by atoms with Crippen molar-refractivity contribution >= 4 is 33.2 Å². The molecule has 0 saturated carbocycles. The molecule has 0 radical (unpaired) electrons. The molecule has 0 heterocycles. The summed E-state index contributed by atoms with van der Waals surface area (Å²) in [5.41, 5.74) is 0.310. The minimum absolute atomic E-state index is 0.00333. The fourth-order valence-electron chi connectivity index (χ4n) is 2.30. The SMILES string of the molecule is COc1ccc(NS(=O)(=O)c2ccc(O[C@H](C)C(=O)NC(C)C)cc2)cc1Cl. The van der Waals surface area contributed by atoms with Crippen molar-refractivity contribution in [2.45, 2.75) is 37.8 Å². The Hall–Kier alpha value is -2.45. The molecule has 2 rings (SSSR count). The van der Waals surface area contributed by atoms with Crippen molar-refractivity contribution < 1.29 is 22.7 Å². The largest absolute Gasteiger partial charge is 0.495 e. The molecular formula is C19H23ClN2O5S. The molecule has 0 fully saturated rings. The monoisotopic (exact) mass is 426 g/mol. The van der Waals surface area contributed by atoms with Gasteiger partial charge in [-0.25, -0.2) is 8.42 Å². The number of halogens is 1. The molecule has 1 atom stereocenters. The maximum atomic E-state index is 12.5. The lowest BCUT2D eigenvalue weighted by molar-refractivity contribution is -0.127. The lowest BCUT2D eigenvalue weighted by atomic mass is 10.3. The van der Waals surface area contributed by atoms with Crippen LogP contribution < -0.4 is 19.5 Å². The van der Waals surface area contributed by atoms with Gasteiger partial charge in [-0.3, -0.25) is 9.52 Å². The van der Waals surface area contributed by atoms with Crippen LogP contribution in [0.3, 0.4) is 0 Å². The Morgan fingerprint density at radius 1 is 1.07 bits per heavy atom. The number of methoxy groups -OCH3 is 1. The van der Waals surface area contributed by atoms with E-state index in [4.69, 9.17) is 21.1 Å². The predicted molar refractivity (Wildman–Crippen MR) is 109 cm³/mol. The second-order valence-corrected chi connectivity index (χ2v) is 8.44. The number of amides is 1. The highest BCUT2D eigenvalue weighted by molar-refractivity contribution is 7.92. The number of nitrogens with one attached hydrogen (secondary N) is 2. The van der Waals surface area contributed by atoms with Gasteiger partial charge in [0.05, 0.1) is 22.7 Å². The molecule has 7 nitrogen and oxygen atoms in total. The van der Waals surface area contributed by atoms with Gasteiger partial charge in [0.2, 0.25) is 0 Å². The lowest BCUT2D eigenvalue weighted by Crippen LogP contribution is -2.40. The van der Waals surface area contributed by atoms with Gasteiger partial charge in [0, 0.05) is 6.04 Å². The van der Waals surface area contributed by atoms with E-state index >= 15 is 0 Å². The summed E-state index contributed by atoms with van der Waals surface area (Å²) < 4.78 is 38.1. The Bertz CT molecular complexity index is 930. The van der Waals surface area contributed by atoms with Crippen molar-refractivity contribution in [3.63, 3.8) is 0 Å². The summed E-state index contributed by atoms with van der Waals surface area (Å²) in [7, 11) is -2.34. The number of rotatable bonds is 8. The number of hydrogen-bond donors (Lipinski definition) is 2. The minimum Gasteiger partial charge on any atom is -0.495 e. The quantitative estimate of drug-likeness (QED) is 0.674. The standard InChI is InChI=1S/C19H23ClN2O5S/c1-12(2)21-19(23)13(3)27-15-6-8-16(9-7-15)28(24,25)22-14-5-10-18(26-4)17(20)11-14/h5-13,22H,1-4H3,(H,21,23)/t13-/m1/s1. The topological polar surface area (TPSA) is 93.7 Å². The molecule has 2 N–H and O–H groups in total. The molecule has 0 spiro atoms. The fraction of sp³-hybridized carbons (Fsp3) is 0.316. The number of carbonyl (C=O) groups excluding carboxylic acids is 1. The van der Waals surface area contributed by atoms with Gasteiger partial charge in [-0.1, -0.05) is 11.6 Å². The molecule has 28 heavy (non-hydrogen) atoms. The molecule has 9 heteroatoms. The number of hydrogen-bond acceptors (Lipinski definition) is 5. The van der Waals surface area contributed by atoms with Gasteiger partial charge in [-0.15, -0.1) is 0 Å². The average molecular weight is 427 g/mol. The van der Waals surface area contributed by atoms with Gasteiger partial charge in [0.1, 0.15) is 11.5 Å². The van der Waals surface area contributed by atoms with Crippen molar-refractivity contribution in [1.29, 1.82) is 0 Å². The highest BCUT2D eigenvalue weighted by Gasteiger charge is 2.18. The van der Waals surface area contributed by atoms with Gasteiger partial charge in [0.25, 0.3) is 15.9 Å². The van der Waals surface area contributed by atoms with Crippen molar-refractivity contribution in [1.82, 2.24) is 5.32 Å². The van der Waals surface area contributed by atoms with Crippen LogP contribution in [0, 0.1) is 0 Å². The fourth-order valence-corrected chi connectivity index (χ4v) is 3.61. The summed E-state index contributed by atoms with van der Waals surface area (Å²) in [6.07, 6.45) is -0.704. The van der Waals surface area contributed by atoms with E-state index in [2.05, 4.69) is 10.0 Å². The number of anilines is 1. The van der Waals surface area contributed by atoms with Crippen LogP contribution in [0.4, 0.5) is 5.69 Å². The van der Waals surface area contributed by atoms with Gasteiger partial charge in [0.15, 0.2) is 6.10 Å². The molecule has 0 aromatic heterocycles. The van der Waals surface area contributed by atoms with E-state index in [9.17, 15) is 13.2 Å². The molecular weight excluding hydrogens is 404 g/mol. The Balaban J connectivity index is 2.09. The second-order valence-electron chi connectivity index (χ2n) is 6.35. The normalized spacial score (nSPS) is 12.4. The molecule has 0 aliphatic carbocycles. The molecule has 1 amide bonds. The zero-order valence-electron chi connectivity index (χ0n) is 16.0.